The summed E-state index contributed by atoms with van der Waals surface area (Å²) in [5.74, 6) is -0.226. The number of rotatable bonds is 6. The molecule has 1 fully saturated rings. The number of piperazine rings is 1. The molecule has 6 nitrogen and oxygen atoms in total. The van der Waals surface area contributed by atoms with E-state index in [1.807, 2.05) is 18.7 Å². The number of alkyl halides is 2. The monoisotopic (exact) mass is 330 g/mol. The Kier molecular flexibility index (Phi) is 6.06. The van der Waals surface area contributed by atoms with Gasteiger partial charge >= 0.3 is 0 Å². The van der Waals surface area contributed by atoms with Gasteiger partial charge in [0.15, 0.2) is 0 Å². The smallest absolute Gasteiger partial charge is 0.280 e. The van der Waals surface area contributed by atoms with Crippen LogP contribution in [0.25, 0.3) is 0 Å². The van der Waals surface area contributed by atoms with Crippen molar-refractivity contribution in [1.82, 2.24) is 19.6 Å². The Labute approximate surface area is 134 Å². The normalized spacial score (nSPS) is 16.6. The zero-order chi connectivity index (χ0) is 17.0. The maximum atomic E-state index is 13.4. The summed E-state index contributed by atoms with van der Waals surface area (Å²) < 4.78 is 28.0. The van der Waals surface area contributed by atoms with Crippen LogP contribution in [0.3, 0.4) is 0 Å². The van der Waals surface area contributed by atoms with Crippen molar-refractivity contribution in [1.29, 1.82) is 0 Å². The molecule has 130 valence electrons. The van der Waals surface area contributed by atoms with Crippen LogP contribution in [0.2, 0.25) is 0 Å². The summed E-state index contributed by atoms with van der Waals surface area (Å²) >= 11 is 0. The Balaban J connectivity index is 2.12. The maximum Gasteiger partial charge on any atom is 0.280 e. The fourth-order valence-corrected chi connectivity index (χ4v) is 2.77. The van der Waals surface area contributed by atoms with E-state index in [2.05, 4.69) is 5.10 Å². The number of aromatic nitrogens is 2. The molecule has 0 spiro atoms. The van der Waals surface area contributed by atoms with E-state index in [1.165, 1.54) is 10.9 Å². The lowest BCUT2D eigenvalue weighted by Crippen LogP contribution is -2.49. The molecule has 1 aliphatic heterocycles. The van der Waals surface area contributed by atoms with Gasteiger partial charge in [0.1, 0.15) is 5.69 Å². The fraction of sp³-hybridized carbons (Fsp3) is 0.733. The molecule has 0 bridgehead atoms. The van der Waals surface area contributed by atoms with Crippen LogP contribution in [0, 0.1) is 5.92 Å². The topological polar surface area (TPSA) is 61.6 Å². The number of aliphatic hydroxyl groups is 1. The molecule has 8 heteroatoms. The summed E-state index contributed by atoms with van der Waals surface area (Å²) in [4.78, 5) is 16.2. The van der Waals surface area contributed by atoms with E-state index in [4.69, 9.17) is 5.11 Å². The number of nitrogens with zero attached hydrogens (tertiary/aromatic N) is 4. The molecular weight excluding hydrogens is 306 g/mol. The van der Waals surface area contributed by atoms with Crippen LogP contribution in [0.5, 0.6) is 0 Å². The molecule has 0 radical (unpaired) electrons. The molecule has 1 aliphatic rings. The minimum atomic E-state index is -2.73. The molecule has 1 aromatic rings. The van der Waals surface area contributed by atoms with Crippen LogP contribution >= 0.6 is 0 Å². The van der Waals surface area contributed by atoms with Gasteiger partial charge < -0.3 is 10.0 Å². The molecule has 2 heterocycles. The Morgan fingerprint density at radius 2 is 1.96 bits per heavy atom. The van der Waals surface area contributed by atoms with Crippen molar-refractivity contribution in [3.8, 4) is 0 Å². The molecule has 0 atom stereocenters. The zero-order valence-corrected chi connectivity index (χ0v) is 13.6. The first kappa shape index (κ1) is 17.8. The molecule has 23 heavy (non-hydrogen) atoms. The van der Waals surface area contributed by atoms with Crippen LogP contribution in [-0.4, -0.2) is 69.9 Å². The van der Waals surface area contributed by atoms with Gasteiger partial charge in [-0.1, -0.05) is 13.8 Å². The van der Waals surface area contributed by atoms with Crippen molar-refractivity contribution in [2.24, 2.45) is 5.92 Å². The number of carbonyl (C=O) groups excluding carboxylic acids is 1. The standard InChI is InChI=1S/C15H24F2N4O2/c1-11(2)10-21-13(14(16)17)12(9-18-21)15(23)20-5-3-19(4-6-20)7-8-22/h9,11,14,22H,3-8,10H2,1-2H3. The van der Waals surface area contributed by atoms with Crippen LogP contribution in [0.1, 0.15) is 36.3 Å². The van der Waals surface area contributed by atoms with E-state index in [-0.39, 0.29) is 29.7 Å². The molecule has 0 saturated carbocycles. The summed E-state index contributed by atoms with van der Waals surface area (Å²) in [6.45, 7) is 7.04. The lowest BCUT2D eigenvalue weighted by molar-refractivity contribution is 0.0603. The quantitative estimate of drug-likeness (QED) is 0.852. The van der Waals surface area contributed by atoms with Gasteiger partial charge in [-0.15, -0.1) is 0 Å². The fourth-order valence-electron chi connectivity index (χ4n) is 2.77. The summed E-state index contributed by atoms with van der Waals surface area (Å²) in [7, 11) is 0. The first-order valence-electron chi connectivity index (χ1n) is 7.90. The molecule has 1 N–H and O–H groups in total. The lowest BCUT2D eigenvalue weighted by atomic mass is 10.2. The summed E-state index contributed by atoms with van der Waals surface area (Å²) in [6, 6.07) is 0. The van der Waals surface area contributed by atoms with Crippen molar-refractivity contribution in [3.05, 3.63) is 17.5 Å². The number of aliphatic hydroxyl groups excluding tert-OH is 1. The van der Waals surface area contributed by atoms with Gasteiger partial charge in [-0.25, -0.2) is 8.78 Å². The Hall–Kier alpha value is -1.54. The zero-order valence-electron chi connectivity index (χ0n) is 13.6. The second-order valence-corrected chi connectivity index (χ2v) is 6.18. The summed E-state index contributed by atoms with van der Waals surface area (Å²) in [5, 5.41) is 12.9. The van der Waals surface area contributed by atoms with E-state index in [0.29, 0.717) is 39.3 Å². The first-order valence-corrected chi connectivity index (χ1v) is 7.90. The highest BCUT2D eigenvalue weighted by molar-refractivity contribution is 5.95. The van der Waals surface area contributed by atoms with Crippen LogP contribution in [-0.2, 0) is 6.54 Å². The Bertz CT molecular complexity index is 526. The van der Waals surface area contributed by atoms with E-state index in [0.717, 1.165) is 0 Å². The van der Waals surface area contributed by atoms with Crippen LogP contribution in [0.15, 0.2) is 6.20 Å². The Morgan fingerprint density at radius 3 is 2.48 bits per heavy atom. The second kappa shape index (κ2) is 7.83. The minimum Gasteiger partial charge on any atom is -0.395 e. The van der Waals surface area contributed by atoms with E-state index in [1.54, 1.807) is 4.90 Å². The highest BCUT2D eigenvalue weighted by atomic mass is 19.3. The molecule has 0 aliphatic carbocycles. The number of hydrogen-bond donors (Lipinski definition) is 1. The highest BCUT2D eigenvalue weighted by Crippen LogP contribution is 2.25. The summed E-state index contributed by atoms with van der Waals surface area (Å²) in [5.41, 5.74) is -0.294. The van der Waals surface area contributed by atoms with Gasteiger partial charge in [0.05, 0.1) is 18.4 Å². The molecule has 0 aromatic carbocycles. The van der Waals surface area contributed by atoms with Crippen molar-refractivity contribution in [3.63, 3.8) is 0 Å². The first-order chi connectivity index (χ1) is 10.9. The van der Waals surface area contributed by atoms with Gasteiger partial charge in [-0.2, -0.15) is 5.10 Å². The molecular formula is C15H24F2N4O2. The van der Waals surface area contributed by atoms with E-state index in [9.17, 15) is 13.6 Å². The molecule has 1 aromatic heterocycles. The average Bonchev–Trinajstić information content (AvgIpc) is 2.90. The number of carbonyl (C=O) groups is 1. The number of β-amino-alcohol motifs (C(OH)–C–C–N with tert-alkyl or cyclic N) is 1. The predicted octanol–water partition coefficient (Wildman–Crippen LogP) is 1.23. The van der Waals surface area contributed by atoms with Gasteiger partial charge in [0.2, 0.25) is 0 Å². The third-order valence-corrected chi connectivity index (χ3v) is 3.93. The van der Waals surface area contributed by atoms with Gasteiger partial charge in [-0.3, -0.25) is 14.4 Å². The van der Waals surface area contributed by atoms with Crippen LogP contribution in [0.4, 0.5) is 8.78 Å². The molecule has 0 unspecified atom stereocenters. The van der Waals surface area contributed by atoms with Crippen molar-refractivity contribution >= 4 is 5.91 Å². The third-order valence-electron chi connectivity index (χ3n) is 3.93. The molecule has 1 saturated heterocycles. The van der Waals surface area contributed by atoms with E-state index < -0.39 is 6.43 Å². The number of hydrogen-bond acceptors (Lipinski definition) is 4. The van der Waals surface area contributed by atoms with Crippen molar-refractivity contribution in [2.45, 2.75) is 26.8 Å². The lowest BCUT2D eigenvalue weighted by Gasteiger charge is -2.34. The SMILES string of the molecule is CC(C)Cn1ncc(C(=O)N2CCN(CCO)CC2)c1C(F)F. The number of halogens is 2. The maximum absolute atomic E-state index is 13.4. The van der Waals surface area contributed by atoms with Crippen molar-refractivity contribution in [2.75, 3.05) is 39.3 Å². The number of amides is 1. The molecule has 2 rings (SSSR count). The highest BCUT2D eigenvalue weighted by Gasteiger charge is 2.29. The van der Waals surface area contributed by atoms with Gasteiger partial charge in [0, 0.05) is 39.3 Å². The van der Waals surface area contributed by atoms with Gasteiger partial charge in [-0.05, 0) is 5.92 Å². The van der Waals surface area contributed by atoms with Crippen LogP contribution < -0.4 is 0 Å². The largest absolute Gasteiger partial charge is 0.395 e. The van der Waals surface area contributed by atoms with Crippen molar-refractivity contribution < 1.29 is 18.7 Å². The average molecular weight is 330 g/mol. The Morgan fingerprint density at radius 1 is 1.30 bits per heavy atom. The predicted molar refractivity (Wildman–Crippen MR) is 81.5 cm³/mol. The molecule has 1 amide bonds. The minimum absolute atomic E-state index is 0.00346. The van der Waals surface area contributed by atoms with E-state index >= 15 is 0 Å². The third kappa shape index (κ3) is 4.26. The second-order valence-electron chi connectivity index (χ2n) is 6.18. The van der Waals surface area contributed by atoms with Gasteiger partial charge in [0.25, 0.3) is 12.3 Å². The summed E-state index contributed by atoms with van der Waals surface area (Å²) in [6.07, 6.45) is -1.47.